The Morgan fingerprint density at radius 1 is 0.796 bits per heavy atom. The molecule has 4 aromatic carbocycles. The fraction of sp³-hybridized carbons (Fsp3) is 0.333. The summed E-state index contributed by atoms with van der Waals surface area (Å²) in [4.78, 5) is 26.9. The van der Waals surface area contributed by atoms with Gasteiger partial charge < -0.3 is 23.7 Å². The molecular formula is C42H49N4O7S+. The van der Waals surface area contributed by atoms with Crippen LogP contribution in [0.2, 0.25) is 0 Å². The van der Waals surface area contributed by atoms with Gasteiger partial charge in [0.15, 0.2) is 34.5 Å². The van der Waals surface area contributed by atoms with Gasteiger partial charge in [0.25, 0.3) is 0 Å². The molecule has 1 saturated heterocycles. The Morgan fingerprint density at radius 2 is 1.46 bits per heavy atom. The molecule has 0 bridgehead atoms. The van der Waals surface area contributed by atoms with Crippen molar-refractivity contribution in [3.63, 3.8) is 0 Å². The summed E-state index contributed by atoms with van der Waals surface area (Å²) in [7, 11) is 10.3. The maximum absolute atomic E-state index is 13.2. The van der Waals surface area contributed by atoms with Crippen molar-refractivity contribution < 1.29 is 38.1 Å². The fourth-order valence-corrected chi connectivity index (χ4v) is 7.52. The molecule has 0 saturated carbocycles. The summed E-state index contributed by atoms with van der Waals surface area (Å²) in [6.07, 6.45) is 3.13. The third-order valence-corrected chi connectivity index (χ3v) is 10.9. The van der Waals surface area contributed by atoms with Crippen molar-refractivity contribution in [2.24, 2.45) is 0 Å². The number of methoxy groups -OCH3 is 4. The highest BCUT2D eigenvalue weighted by molar-refractivity contribution is 7.21. The number of aromatic nitrogens is 1. The predicted molar refractivity (Wildman–Crippen MR) is 213 cm³/mol. The smallest absolute Gasteiger partial charge is 0.203 e. The number of hydrogen-bond donors (Lipinski definition) is 0. The fourth-order valence-electron chi connectivity index (χ4n) is 6.55. The van der Waals surface area contributed by atoms with Crippen molar-refractivity contribution in [3.8, 4) is 45.1 Å². The van der Waals surface area contributed by atoms with Gasteiger partial charge in [0, 0.05) is 30.3 Å². The lowest BCUT2D eigenvalue weighted by Gasteiger charge is -2.44. The second-order valence-corrected chi connectivity index (χ2v) is 14.5. The number of thiazole rings is 1. The average molecular weight is 754 g/mol. The average Bonchev–Trinajstić information content (AvgIpc) is 3.64. The van der Waals surface area contributed by atoms with Gasteiger partial charge in [-0.1, -0.05) is 29.0 Å². The van der Waals surface area contributed by atoms with E-state index in [4.69, 9.17) is 33.5 Å². The molecule has 2 atom stereocenters. The molecule has 0 aliphatic carbocycles. The Balaban J connectivity index is 1.04. The van der Waals surface area contributed by atoms with Crippen molar-refractivity contribution >= 4 is 33.4 Å². The molecule has 2 heterocycles. The monoisotopic (exact) mass is 753 g/mol. The van der Waals surface area contributed by atoms with Crippen molar-refractivity contribution in [2.75, 3.05) is 68.7 Å². The minimum Gasteiger partial charge on any atom is -0.493 e. The van der Waals surface area contributed by atoms with Crippen LogP contribution in [-0.4, -0.2) is 106 Å². The van der Waals surface area contributed by atoms with Crippen molar-refractivity contribution in [1.82, 2.24) is 14.9 Å². The van der Waals surface area contributed by atoms with Gasteiger partial charge in [-0.05, 0) is 86.2 Å². The first-order valence-electron chi connectivity index (χ1n) is 17.9. The Bertz CT molecular complexity index is 2030. The molecule has 1 aromatic heterocycles. The number of rotatable bonds is 15. The van der Waals surface area contributed by atoms with Crippen LogP contribution in [0.4, 0.5) is 0 Å². The molecule has 0 spiro atoms. The molecule has 0 amide bonds. The molecule has 5 aromatic rings. The number of hydroxylamine groups is 2. The van der Waals surface area contributed by atoms with Crippen LogP contribution in [0.15, 0.2) is 84.9 Å². The second kappa shape index (κ2) is 16.9. The van der Waals surface area contributed by atoms with Crippen LogP contribution in [0.3, 0.4) is 0 Å². The van der Waals surface area contributed by atoms with E-state index in [1.54, 1.807) is 36.7 Å². The van der Waals surface area contributed by atoms with Gasteiger partial charge in [-0.15, -0.1) is 16.3 Å². The zero-order valence-electron chi connectivity index (χ0n) is 32.2. The lowest BCUT2D eigenvalue weighted by Crippen LogP contribution is -2.64. The van der Waals surface area contributed by atoms with E-state index in [-0.39, 0.29) is 22.7 Å². The number of quaternary nitrogens is 1. The van der Waals surface area contributed by atoms with Gasteiger partial charge in [-0.25, -0.2) is 4.98 Å². The summed E-state index contributed by atoms with van der Waals surface area (Å²) in [5.74, 6) is 3.09. The molecule has 0 N–H and O–H groups in total. The number of nitrogens with zero attached hydrogens (tertiary/aromatic N) is 4. The number of fused-ring (bicyclic) bond motifs is 1. The van der Waals surface area contributed by atoms with Gasteiger partial charge in [0.1, 0.15) is 25.2 Å². The zero-order chi connectivity index (χ0) is 38.4. The Morgan fingerprint density at radius 3 is 2.09 bits per heavy atom. The summed E-state index contributed by atoms with van der Waals surface area (Å²) in [5, 5.41) is 3.33. The molecule has 6 rings (SSSR count). The molecular weight excluding hydrogens is 705 g/mol. The van der Waals surface area contributed by atoms with Crippen LogP contribution in [-0.2, 0) is 0 Å². The minimum absolute atomic E-state index is 0.129. The van der Waals surface area contributed by atoms with Gasteiger partial charge in [-0.2, -0.15) is 0 Å². The SMILES string of the molecule is COc1ccc(C=CC(=O)c2cc(OC)c(OC)c(OC)c2)cc1OC(C)C(C)N1CCN([N+](C)(C)Oc2ccc(-c3nc4ccccc4s3)cc2)CC1. The number of ether oxygens (including phenoxy) is 5. The number of ketones is 1. The maximum Gasteiger partial charge on any atom is 0.203 e. The van der Waals surface area contributed by atoms with Gasteiger partial charge in [-0.3, -0.25) is 14.5 Å². The number of allylic oxidation sites excluding steroid dienone is 1. The number of benzene rings is 4. The predicted octanol–water partition coefficient (Wildman–Crippen LogP) is 7.65. The highest BCUT2D eigenvalue weighted by atomic mass is 32.1. The summed E-state index contributed by atoms with van der Waals surface area (Å²) in [6, 6.07) is 25.4. The van der Waals surface area contributed by atoms with Crippen LogP contribution in [0.5, 0.6) is 34.5 Å². The van der Waals surface area contributed by atoms with E-state index in [1.807, 2.05) is 48.5 Å². The maximum atomic E-state index is 13.2. The van der Waals surface area contributed by atoms with Crippen LogP contribution in [0, 0.1) is 0 Å². The van der Waals surface area contributed by atoms with E-state index >= 15 is 0 Å². The second-order valence-electron chi connectivity index (χ2n) is 13.5. The topological polar surface area (TPSA) is 91.8 Å². The third-order valence-electron chi connectivity index (χ3n) is 9.83. The molecule has 1 aliphatic heterocycles. The Hall–Kier alpha value is -5.14. The van der Waals surface area contributed by atoms with Crippen molar-refractivity contribution in [1.29, 1.82) is 0 Å². The summed E-state index contributed by atoms with van der Waals surface area (Å²) in [6.45, 7) is 7.65. The number of piperazine rings is 1. The van der Waals surface area contributed by atoms with E-state index in [0.29, 0.717) is 34.3 Å². The van der Waals surface area contributed by atoms with E-state index in [9.17, 15) is 4.79 Å². The first kappa shape index (κ1) is 38.6. The van der Waals surface area contributed by atoms with E-state index in [0.717, 1.165) is 53.6 Å². The van der Waals surface area contributed by atoms with Crippen LogP contribution >= 0.6 is 11.3 Å². The Kier molecular flexibility index (Phi) is 12.1. The molecule has 54 heavy (non-hydrogen) atoms. The number of para-hydroxylation sites is 1. The lowest BCUT2D eigenvalue weighted by atomic mass is 10.1. The normalized spacial score (nSPS) is 15.2. The minimum atomic E-state index is -0.209. The van der Waals surface area contributed by atoms with E-state index in [1.165, 1.54) is 32.1 Å². The quantitative estimate of drug-likeness (QED) is 0.0460. The molecule has 284 valence electrons. The molecule has 2 unspecified atom stereocenters. The summed E-state index contributed by atoms with van der Waals surface area (Å²) < 4.78 is 29.8. The zero-order valence-corrected chi connectivity index (χ0v) is 33.0. The number of carbonyl (C=O) groups excluding carboxylic acids is 1. The van der Waals surface area contributed by atoms with Crippen molar-refractivity contribution in [3.05, 3.63) is 96.1 Å². The molecule has 0 radical (unpaired) electrons. The van der Waals surface area contributed by atoms with Crippen molar-refractivity contribution in [2.45, 2.75) is 26.0 Å². The van der Waals surface area contributed by atoms with Crippen LogP contribution < -0.4 is 28.5 Å². The first-order valence-corrected chi connectivity index (χ1v) is 18.7. The molecule has 1 fully saturated rings. The summed E-state index contributed by atoms with van der Waals surface area (Å²) in [5.41, 5.74) is 3.31. The van der Waals surface area contributed by atoms with Crippen LogP contribution in [0.25, 0.3) is 26.9 Å². The number of hydrogen-bond acceptors (Lipinski definition) is 11. The highest BCUT2D eigenvalue weighted by Crippen LogP contribution is 2.39. The third kappa shape index (κ3) is 8.63. The first-order chi connectivity index (χ1) is 26.0. The standard InChI is InChI=1S/C42H49N4O7S/c1-28(29(2)52-37-25-30(14-20-36(37)48-5)13-19-35(47)32-26-38(49-6)41(51-8)39(27-32)50-7)44-21-23-45(24-22-44)46(3,4)53-33-17-15-31(16-18-33)42-43-34-11-9-10-12-40(34)54-42/h9-20,25-29H,21-24H2,1-8H3/q+1. The van der Waals surface area contributed by atoms with Gasteiger partial charge in [0.2, 0.25) is 5.75 Å². The summed E-state index contributed by atoms with van der Waals surface area (Å²) >= 11 is 1.70. The van der Waals surface area contributed by atoms with E-state index < -0.39 is 0 Å². The van der Waals surface area contributed by atoms with Gasteiger partial charge in [0.05, 0.1) is 51.7 Å². The van der Waals surface area contributed by atoms with E-state index in [2.05, 4.69) is 56.1 Å². The number of carbonyl (C=O) groups is 1. The van der Waals surface area contributed by atoms with Gasteiger partial charge >= 0.3 is 0 Å². The molecule has 1 aliphatic rings. The highest BCUT2D eigenvalue weighted by Gasteiger charge is 2.35. The Labute approximate surface area is 321 Å². The van der Waals surface area contributed by atoms with Crippen LogP contribution in [0.1, 0.15) is 29.8 Å². The lowest BCUT2D eigenvalue weighted by molar-refractivity contribution is -1.14. The largest absolute Gasteiger partial charge is 0.493 e. The molecule has 12 heteroatoms. The molecule has 11 nitrogen and oxygen atoms in total.